The molecule has 0 radical (unpaired) electrons. The highest BCUT2D eigenvalue weighted by Gasteiger charge is 2.34. The fraction of sp³-hybridized carbons (Fsp3) is 1.00. The van der Waals surface area contributed by atoms with Crippen molar-refractivity contribution < 1.29 is 8.42 Å². The Labute approximate surface area is 118 Å². The van der Waals surface area contributed by atoms with Gasteiger partial charge in [0.05, 0.1) is 0 Å². The number of nitrogens with one attached hydrogen (secondary N) is 1. The highest BCUT2D eigenvalue weighted by molar-refractivity contribution is 7.86. The third-order valence-electron chi connectivity index (χ3n) is 3.71. The number of hydrogen-bond donors (Lipinski definition) is 1. The van der Waals surface area contributed by atoms with Gasteiger partial charge in [-0.2, -0.15) is 17.0 Å². The van der Waals surface area contributed by atoms with Gasteiger partial charge in [-0.25, -0.2) is 0 Å². The zero-order valence-corrected chi connectivity index (χ0v) is 13.4. The Morgan fingerprint density at radius 3 is 2.47 bits per heavy atom. The van der Waals surface area contributed by atoms with E-state index in [1.54, 1.807) is 8.61 Å². The second kappa shape index (κ2) is 8.19. The van der Waals surface area contributed by atoms with Gasteiger partial charge < -0.3 is 5.32 Å². The van der Waals surface area contributed by atoms with Gasteiger partial charge in [0.1, 0.15) is 0 Å². The molecule has 5 nitrogen and oxygen atoms in total. The molecular formula is C13H29N3O2S. The Bertz CT molecular complexity index is 342. The lowest BCUT2D eigenvalue weighted by molar-refractivity contribution is 0.228. The van der Waals surface area contributed by atoms with Gasteiger partial charge in [0.15, 0.2) is 0 Å². The molecule has 114 valence electrons. The summed E-state index contributed by atoms with van der Waals surface area (Å²) in [5.74, 6) is 0. The first-order valence-corrected chi connectivity index (χ1v) is 8.95. The number of nitrogens with zero attached hydrogens (tertiary/aromatic N) is 2. The van der Waals surface area contributed by atoms with E-state index in [-0.39, 0.29) is 6.04 Å². The smallest absolute Gasteiger partial charge is 0.282 e. The number of hydrogen-bond acceptors (Lipinski definition) is 3. The summed E-state index contributed by atoms with van der Waals surface area (Å²) in [7, 11) is -3.28. The summed E-state index contributed by atoms with van der Waals surface area (Å²) in [6.45, 7) is 9.40. The monoisotopic (exact) mass is 291 g/mol. The van der Waals surface area contributed by atoms with Crippen molar-refractivity contribution in [1.82, 2.24) is 13.9 Å². The van der Waals surface area contributed by atoms with Gasteiger partial charge in [-0.05, 0) is 25.8 Å². The molecule has 0 saturated carbocycles. The molecule has 1 heterocycles. The summed E-state index contributed by atoms with van der Waals surface area (Å²) in [5.41, 5.74) is 0. The summed E-state index contributed by atoms with van der Waals surface area (Å²) in [6.07, 6.45) is 4.15. The van der Waals surface area contributed by atoms with Gasteiger partial charge in [-0.1, -0.05) is 27.2 Å². The van der Waals surface area contributed by atoms with E-state index in [1.807, 2.05) is 13.8 Å². The van der Waals surface area contributed by atoms with Gasteiger partial charge in [-0.15, -0.1) is 0 Å². The Morgan fingerprint density at radius 1 is 1.21 bits per heavy atom. The SMILES string of the molecule is CCCNCC1CCCCN1S(=O)(=O)N(CC)CC. The van der Waals surface area contributed by atoms with Gasteiger partial charge in [0, 0.05) is 32.2 Å². The van der Waals surface area contributed by atoms with Crippen molar-refractivity contribution in [3.63, 3.8) is 0 Å². The summed E-state index contributed by atoms with van der Waals surface area (Å²) in [4.78, 5) is 0. The molecule has 0 aliphatic carbocycles. The summed E-state index contributed by atoms with van der Waals surface area (Å²) >= 11 is 0. The van der Waals surface area contributed by atoms with Gasteiger partial charge in [-0.3, -0.25) is 0 Å². The van der Waals surface area contributed by atoms with E-state index < -0.39 is 10.2 Å². The first kappa shape index (κ1) is 16.9. The van der Waals surface area contributed by atoms with Crippen LogP contribution in [-0.4, -0.2) is 55.8 Å². The van der Waals surface area contributed by atoms with Crippen LogP contribution in [0.3, 0.4) is 0 Å². The second-order valence-electron chi connectivity index (χ2n) is 5.06. The van der Waals surface area contributed by atoms with E-state index in [0.29, 0.717) is 19.6 Å². The van der Waals surface area contributed by atoms with E-state index in [9.17, 15) is 8.42 Å². The van der Waals surface area contributed by atoms with Crippen molar-refractivity contribution in [1.29, 1.82) is 0 Å². The van der Waals surface area contributed by atoms with Crippen LogP contribution < -0.4 is 5.32 Å². The number of rotatable bonds is 8. The molecule has 6 heteroatoms. The largest absolute Gasteiger partial charge is 0.315 e. The third-order valence-corrected chi connectivity index (χ3v) is 5.95. The molecule has 1 saturated heterocycles. The molecule has 1 atom stereocenters. The van der Waals surface area contributed by atoms with Crippen LogP contribution in [0.25, 0.3) is 0 Å². The van der Waals surface area contributed by atoms with Gasteiger partial charge in [0.2, 0.25) is 0 Å². The average molecular weight is 291 g/mol. The Hall–Kier alpha value is -0.170. The molecule has 1 aliphatic heterocycles. The summed E-state index contributed by atoms with van der Waals surface area (Å²) < 4.78 is 28.5. The molecule has 1 N–H and O–H groups in total. The maximum atomic E-state index is 12.6. The van der Waals surface area contributed by atoms with Crippen LogP contribution in [0.2, 0.25) is 0 Å². The van der Waals surface area contributed by atoms with E-state index >= 15 is 0 Å². The Kier molecular flexibility index (Phi) is 7.28. The van der Waals surface area contributed by atoms with Gasteiger partial charge >= 0.3 is 0 Å². The fourth-order valence-electron chi connectivity index (χ4n) is 2.63. The van der Waals surface area contributed by atoms with E-state index in [4.69, 9.17) is 0 Å². The maximum absolute atomic E-state index is 12.6. The van der Waals surface area contributed by atoms with Crippen molar-refractivity contribution in [3.8, 4) is 0 Å². The fourth-order valence-corrected chi connectivity index (χ4v) is 4.49. The van der Waals surface area contributed by atoms with Crippen LogP contribution in [0, 0.1) is 0 Å². The highest BCUT2D eigenvalue weighted by atomic mass is 32.2. The predicted molar refractivity (Wildman–Crippen MR) is 79.3 cm³/mol. The molecular weight excluding hydrogens is 262 g/mol. The quantitative estimate of drug-likeness (QED) is 0.688. The standard InChI is InChI=1S/C13H29N3O2S/c1-4-10-14-12-13-9-7-8-11-16(13)19(17,18)15(5-2)6-3/h13-14H,4-12H2,1-3H3. The van der Waals surface area contributed by atoms with Crippen LogP contribution >= 0.6 is 0 Å². The summed E-state index contributed by atoms with van der Waals surface area (Å²) in [5, 5.41) is 3.36. The molecule has 0 amide bonds. The maximum Gasteiger partial charge on any atom is 0.282 e. The molecule has 0 bridgehead atoms. The Balaban J connectivity index is 2.75. The molecule has 1 aliphatic rings. The molecule has 0 spiro atoms. The molecule has 1 rings (SSSR count). The van der Waals surface area contributed by atoms with Crippen molar-refractivity contribution >= 4 is 10.2 Å². The lowest BCUT2D eigenvalue weighted by Crippen LogP contribution is -2.53. The van der Waals surface area contributed by atoms with Crippen LogP contribution in [-0.2, 0) is 10.2 Å². The van der Waals surface area contributed by atoms with E-state index in [2.05, 4.69) is 12.2 Å². The van der Waals surface area contributed by atoms with Crippen LogP contribution in [0.4, 0.5) is 0 Å². The van der Waals surface area contributed by atoms with Crippen LogP contribution in [0.1, 0.15) is 46.5 Å². The van der Waals surface area contributed by atoms with Crippen LogP contribution in [0.15, 0.2) is 0 Å². The minimum absolute atomic E-state index is 0.117. The molecule has 0 aromatic rings. The van der Waals surface area contributed by atoms with Crippen molar-refractivity contribution in [3.05, 3.63) is 0 Å². The summed E-state index contributed by atoms with van der Waals surface area (Å²) in [6, 6.07) is 0.117. The highest BCUT2D eigenvalue weighted by Crippen LogP contribution is 2.22. The number of piperidine rings is 1. The zero-order valence-electron chi connectivity index (χ0n) is 12.6. The first-order chi connectivity index (χ1) is 9.07. The second-order valence-corrected chi connectivity index (χ2v) is 6.94. The average Bonchev–Trinajstić information content (AvgIpc) is 2.40. The minimum Gasteiger partial charge on any atom is -0.315 e. The molecule has 19 heavy (non-hydrogen) atoms. The minimum atomic E-state index is -3.28. The third kappa shape index (κ3) is 4.41. The lowest BCUT2D eigenvalue weighted by atomic mass is 10.1. The topological polar surface area (TPSA) is 52.7 Å². The van der Waals surface area contributed by atoms with Crippen molar-refractivity contribution in [2.24, 2.45) is 0 Å². The zero-order chi connectivity index (χ0) is 14.3. The van der Waals surface area contributed by atoms with Crippen LogP contribution in [0.5, 0.6) is 0 Å². The van der Waals surface area contributed by atoms with Gasteiger partial charge in [0.25, 0.3) is 10.2 Å². The molecule has 0 aromatic heterocycles. The first-order valence-electron chi connectivity index (χ1n) is 7.55. The molecule has 1 unspecified atom stereocenters. The van der Waals surface area contributed by atoms with Crippen molar-refractivity contribution in [2.75, 3.05) is 32.7 Å². The van der Waals surface area contributed by atoms with E-state index in [0.717, 1.165) is 38.8 Å². The Morgan fingerprint density at radius 2 is 1.89 bits per heavy atom. The normalized spacial score (nSPS) is 22.0. The lowest BCUT2D eigenvalue weighted by Gasteiger charge is -2.37. The predicted octanol–water partition coefficient (Wildman–Crippen LogP) is 1.43. The molecule has 1 fully saturated rings. The van der Waals surface area contributed by atoms with Crippen molar-refractivity contribution in [2.45, 2.75) is 52.5 Å². The molecule has 0 aromatic carbocycles. The van der Waals surface area contributed by atoms with E-state index in [1.165, 1.54) is 0 Å².